The number of carbonyl (C=O) groups is 1. The van der Waals surface area contributed by atoms with Crippen molar-refractivity contribution in [3.8, 4) is 11.4 Å². The predicted molar refractivity (Wildman–Crippen MR) is 114 cm³/mol. The molecule has 0 saturated carbocycles. The number of aryl methyl sites for hydroxylation is 1. The fourth-order valence-corrected chi connectivity index (χ4v) is 3.38. The topological polar surface area (TPSA) is 97.0 Å². The number of aromatic nitrogens is 3. The van der Waals surface area contributed by atoms with Crippen LogP contribution in [0.15, 0.2) is 48.5 Å². The van der Waals surface area contributed by atoms with E-state index in [1.807, 2.05) is 60.4 Å². The summed E-state index contributed by atoms with van der Waals surface area (Å²) in [4.78, 5) is 27.4. The number of hydrogen-bond donors (Lipinski definition) is 2. The van der Waals surface area contributed by atoms with Gasteiger partial charge in [0.2, 0.25) is 11.9 Å². The highest BCUT2D eigenvalue weighted by molar-refractivity contribution is 5.94. The van der Waals surface area contributed by atoms with Crippen LogP contribution in [0.4, 0.5) is 17.6 Å². The van der Waals surface area contributed by atoms with Crippen molar-refractivity contribution in [1.29, 1.82) is 0 Å². The Morgan fingerprint density at radius 3 is 2.31 bits per heavy atom. The van der Waals surface area contributed by atoms with Gasteiger partial charge in [0.05, 0.1) is 0 Å². The van der Waals surface area contributed by atoms with E-state index in [2.05, 4.69) is 20.3 Å². The van der Waals surface area contributed by atoms with Gasteiger partial charge in [-0.05, 0) is 50.5 Å². The van der Waals surface area contributed by atoms with E-state index in [1.165, 1.54) is 12.0 Å². The maximum atomic E-state index is 12.6. The van der Waals surface area contributed by atoms with Gasteiger partial charge in [0.1, 0.15) is 0 Å². The maximum Gasteiger partial charge on any atom is 0.253 e. The van der Waals surface area contributed by atoms with Crippen LogP contribution in [0.3, 0.4) is 0 Å². The van der Waals surface area contributed by atoms with E-state index in [0.717, 1.165) is 37.2 Å². The maximum absolute atomic E-state index is 12.6. The molecule has 1 amide bonds. The number of piperidine rings is 1. The first-order chi connectivity index (χ1) is 14.1. The molecule has 1 aliphatic heterocycles. The lowest BCUT2D eigenvalue weighted by molar-refractivity contribution is 0.0724. The van der Waals surface area contributed by atoms with E-state index in [0.29, 0.717) is 17.3 Å². The fourth-order valence-electron chi connectivity index (χ4n) is 3.38. The van der Waals surface area contributed by atoms with Crippen LogP contribution in [-0.4, -0.2) is 38.8 Å². The molecule has 0 aliphatic carbocycles. The quantitative estimate of drug-likeness (QED) is 0.706. The number of anilines is 3. The fraction of sp³-hybridized carbons (Fsp3) is 0.273. The number of nitrogens with one attached hydrogen (secondary N) is 1. The van der Waals surface area contributed by atoms with Gasteiger partial charge >= 0.3 is 0 Å². The van der Waals surface area contributed by atoms with Gasteiger partial charge in [-0.2, -0.15) is 15.0 Å². The molecule has 0 spiro atoms. The predicted octanol–water partition coefficient (Wildman–Crippen LogP) is 3.80. The van der Waals surface area contributed by atoms with Crippen LogP contribution in [0.2, 0.25) is 0 Å². The minimum absolute atomic E-state index is 0.0770. The molecule has 148 valence electrons. The van der Waals surface area contributed by atoms with Crippen molar-refractivity contribution in [3.05, 3.63) is 59.7 Å². The number of carbonyl (C=O) groups excluding carboxylic acids is 1. The average Bonchev–Trinajstić information content (AvgIpc) is 2.75. The lowest BCUT2D eigenvalue weighted by Crippen LogP contribution is -2.35. The number of rotatable bonds is 4. The molecule has 4 rings (SSSR count). The number of hydrogen-bond acceptors (Lipinski definition) is 6. The molecule has 29 heavy (non-hydrogen) atoms. The molecule has 2 heterocycles. The summed E-state index contributed by atoms with van der Waals surface area (Å²) in [7, 11) is 0. The van der Waals surface area contributed by atoms with Gasteiger partial charge in [-0.15, -0.1) is 0 Å². The minimum atomic E-state index is 0.0770. The molecule has 1 fully saturated rings. The van der Waals surface area contributed by atoms with Crippen molar-refractivity contribution in [2.45, 2.75) is 26.2 Å². The van der Waals surface area contributed by atoms with Gasteiger partial charge < -0.3 is 16.0 Å². The van der Waals surface area contributed by atoms with Crippen LogP contribution in [0.5, 0.6) is 0 Å². The third kappa shape index (κ3) is 4.51. The normalized spacial score (nSPS) is 13.9. The largest absolute Gasteiger partial charge is 0.368 e. The first kappa shape index (κ1) is 18.9. The second kappa shape index (κ2) is 8.26. The Bertz CT molecular complexity index is 995. The molecule has 0 atom stereocenters. The summed E-state index contributed by atoms with van der Waals surface area (Å²) in [6, 6.07) is 15.3. The van der Waals surface area contributed by atoms with Crippen molar-refractivity contribution in [3.63, 3.8) is 0 Å². The Kier molecular flexibility index (Phi) is 5.37. The zero-order chi connectivity index (χ0) is 20.2. The van der Waals surface area contributed by atoms with Gasteiger partial charge in [-0.3, -0.25) is 4.79 Å². The smallest absolute Gasteiger partial charge is 0.253 e. The number of nitrogen functional groups attached to an aromatic ring is 1. The molecule has 3 aromatic rings. The highest BCUT2D eigenvalue weighted by atomic mass is 16.2. The lowest BCUT2D eigenvalue weighted by Gasteiger charge is -2.26. The SMILES string of the molecule is Cc1ccc(Nc2nc(N)nc(-c3ccc(C(=O)N4CCCCC4)cc3)n2)cc1. The highest BCUT2D eigenvalue weighted by Gasteiger charge is 2.18. The van der Waals surface area contributed by atoms with E-state index in [4.69, 9.17) is 5.73 Å². The number of nitrogens with zero attached hydrogens (tertiary/aromatic N) is 4. The first-order valence-electron chi connectivity index (χ1n) is 9.83. The Morgan fingerprint density at radius 1 is 0.931 bits per heavy atom. The first-order valence-corrected chi connectivity index (χ1v) is 9.83. The average molecular weight is 388 g/mol. The molecule has 2 aromatic carbocycles. The number of likely N-dealkylation sites (tertiary alicyclic amines) is 1. The Morgan fingerprint density at radius 2 is 1.62 bits per heavy atom. The Balaban J connectivity index is 1.54. The van der Waals surface area contributed by atoms with Crippen molar-refractivity contribution < 1.29 is 4.79 Å². The van der Waals surface area contributed by atoms with Gasteiger partial charge in [-0.25, -0.2) is 0 Å². The van der Waals surface area contributed by atoms with Gasteiger partial charge in [0.15, 0.2) is 5.82 Å². The molecule has 0 radical (unpaired) electrons. The molecule has 1 aliphatic rings. The summed E-state index contributed by atoms with van der Waals surface area (Å²) in [6.07, 6.45) is 3.35. The standard InChI is InChI=1S/C22H24N6O/c1-15-5-11-18(12-6-15)24-22-26-19(25-21(23)27-22)16-7-9-17(10-8-16)20(29)28-13-3-2-4-14-28/h5-12H,2-4,13-14H2,1H3,(H3,23,24,25,26,27). The van der Waals surface area contributed by atoms with Crippen LogP contribution >= 0.6 is 0 Å². The van der Waals surface area contributed by atoms with E-state index in [9.17, 15) is 4.79 Å². The molecule has 1 aromatic heterocycles. The third-order valence-corrected chi connectivity index (χ3v) is 4.99. The monoisotopic (exact) mass is 388 g/mol. The second-order valence-corrected chi connectivity index (χ2v) is 7.26. The van der Waals surface area contributed by atoms with E-state index >= 15 is 0 Å². The number of nitrogens with two attached hydrogens (primary N) is 1. The molecule has 7 heteroatoms. The highest BCUT2D eigenvalue weighted by Crippen LogP contribution is 2.21. The van der Waals surface area contributed by atoms with Crippen LogP contribution in [-0.2, 0) is 0 Å². The molecule has 0 unspecified atom stereocenters. The molecule has 7 nitrogen and oxygen atoms in total. The van der Waals surface area contributed by atoms with Gasteiger partial charge in [0.25, 0.3) is 5.91 Å². The van der Waals surface area contributed by atoms with E-state index < -0.39 is 0 Å². The van der Waals surface area contributed by atoms with Crippen molar-refractivity contribution in [2.75, 3.05) is 24.1 Å². The van der Waals surface area contributed by atoms with E-state index in [1.54, 1.807) is 0 Å². The molecular formula is C22H24N6O. The summed E-state index contributed by atoms with van der Waals surface area (Å²) < 4.78 is 0. The molecule has 3 N–H and O–H groups in total. The zero-order valence-electron chi connectivity index (χ0n) is 16.4. The second-order valence-electron chi connectivity index (χ2n) is 7.26. The third-order valence-electron chi connectivity index (χ3n) is 4.99. The Labute approximate surface area is 170 Å². The van der Waals surface area contributed by atoms with Crippen LogP contribution in [0.25, 0.3) is 11.4 Å². The zero-order valence-corrected chi connectivity index (χ0v) is 16.4. The van der Waals surface area contributed by atoms with Crippen LogP contribution in [0.1, 0.15) is 35.2 Å². The van der Waals surface area contributed by atoms with Crippen molar-refractivity contribution in [2.24, 2.45) is 0 Å². The molecule has 1 saturated heterocycles. The summed E-state index contributed by atoms with van der Waals surface area (Å²) in [5.41, 5.74) is 9.38. The Hall–Kier alpha value is -3.48. The summed E-state index contributed by atoms with van der Waals surface area (Å²) >= 11 is 0. The summed E-state index contributed by atoms with van der Waals surface area (Å²) in [5.74, 6) is 1.06. The van der Waals surface area contributed by atoms with Gasteiger partial charge in [-0.1, -0.05) is 29.8 Å². The molecule has 0 bridgehead atoms. The minimum Gasteiger partial charge on any atom is -0.368 e. The van der Waals surface area contributed by atoms with E-state index in [-0.39, 0.29) is 11.9 Å². The number of amides is 1. The van der Waals surface area contributed by atoms with Crippen LogP contribution < -0.4 is 11.1 Å². The number of benzene rings is 2. The van der Waals surface area contributed by atoms with Crippen molar-refractivity contribution in [1.82, 2.24) is 19.9 Å². The van der Waals surface area contributed by atoms with Crippen molar-refractivity contribution >= 4 is 23.5 Å². The molecular weight excluding hydrogens is 364 g/mol. The van der Waals surface area contributed by atoms with Gasteiger partial charge in [0, 0.05) is 29.9 Å². The summed E-state index contributed by atoms with van der Waals surface area (Å²) in [6.45, 7) is 3.69. The summed E-state index contributed by atoms with van der Waals surface area (Å²) in [5, 5.41) is 3.15. The van der Waals surface area contributed by atoms with Crippen LogP contribution in [0, 0.1) is 6.92 Å². The lowest BCUT2D eigenvalue weighted by atomic mass is 10.1.